The molecular formula is C49H31NOS. The van der Waals surface area contributed by atoms with Gasteiger partial charge in [0.25, 0.3) is 0 Å². The van der Waals surface area contributed by atoms with Crippen molar-refractivity contribution in [1.82, 2.24) is 0 Å². The zero-order chi connectivity index (χ0) is 34.2. The van der Waals surface area contributed by atoms with Gasteiger partial charge in [-0.2, -0.15) is 0 Å². The summed E-state index contributed by atoms with van der Waals surface area (Å²) in [6, 6.07) is 68.1. The van der Waals surface area contributed by atoms with Gasteiger partial charge >= 0.3 is 0 Å². The first-order chi connectivity index (χ1) is 25.8. The normalized spacial score (nSPS) is 13.3. The Bertz CT molecular complexity index is 2790. The van der Waals surface area contributed by atoms with Crippen LogP contribution in [0.5, 0.6) is 5.75 Å². The Morgan fingerprint density at radius 1 is 0.385 bits per heavy atom. The van der Waals surface area contributed by atoms with E-state index in [1.165, 1.54) is 59.1 Å². The lowest BCUT2D eigenvalue weighted by atomic mass is 9.77. The number of para-hydroxylation sites is 1. The first-order valence-corrected chi connectivity index (χ1v) is 18.6. The van der Waals surface area contributed by atoms with Crippen LogP contribution in [0.4, 0.5) is 17.1 Å². The van der Waals surface area contributed by atoms with Crippen LogP contribution >= 0.6 is 11.3 Å². The van der Waals surface area contributed by atoms with Gasteiger partial charge in [0.1, 0.15) is 5.75 Å². The van der Waals surface area contributed by atoms with E-state index in [1.54, 1.807) is 0 Å². The number of benzene rings is 8. The molecule has 0 saturated carbocycles. The quantitative estimate of drug-likeness (QED) is 0.183. The molecule has 8 aromatic carbocycles. The summed E-state index contributed by atoms with van der Waals surface area (Å²) in [4.78, 5) is 2.40. The van der Waals surface area contributed by atoms with E-state index in [0.29, 0.717) is 0 Å². The molecule has 0 radical (unpaired) electrons. The molecule has 11 rings (SSSR count). The van der Waals surface area contributed by atoms with Gasteiger partial charge in [-0.15, -0.1) is 11.3 Å². The van der Waals surface area contributed by atoms with Crippen LogP contribution in [-0.4, -0.2) is 0 Å². The van der Waals surface area contributed by atoms with E-state index >= 15 is 0 Å². The molecule has 9 aromatic rings. The average Bonchev–Trinajstić information content (AvgIpc) is 3.72. The molecular weight excluding hydrogens is 651 g/mol. The van der Waals surface area contributed by atoms with Crippen LogP contribution in [-0.2, 0) is 5.60 Å². The molecule has 2 nitrogen and oxygen atoms in total. The van der Waals surface area contributed by atoms with Crippen LogP contribution in [0.15, 0.2) is 188 Å². The molecule has 0 amide bonds. The number of thiophene rings is 1. The number of hydrogen-bond donors (Lipinski definition) is 0. The zero-order valence-electron chi connectivity index (χ0n) is 28.2. The predicted molar refractivity (Wildman–Crippen MR) is 217 cm³/mol. The lowest BCUT2D eigenvalue weighted by Gasteiger charge is -2.40. The van der Waals surface area contributed by atoms with Crippen LogP contribution in [0.25, 0.3) is 53.6 Å². The minimum absolute atomic E-state index is 0.756. The molecule has 2 heterocycles. The molecule has 0 fully saturated rings. The highest BCUT2D eigenvalue weighted by atomic mass is 32.1. The molecule has 0 unspecified atom stereocenters. The first-order valence-electron chi connectivity index (χ1n) is 17.8. The first kappa shape index (κ1) is 29.3. The molecule has 0 saturated heterocycles. The standard InChI is InChI=1S/C49H31NOS/c1-2-12-32(13-3-1)33-22-24-34(25-23-33)50(36-26-28-41-40-17-7-11-21-47(40)52-48(41)31-36)35-27-29-45-42(30-35)39-16-6-10-20-46(39)51-49(45)43-18-8-4-14-37(43)38-15-5-9-19-44(38)49/h1-31H. The van der Waals surface area contributed by atoms with Crippen molar-refractivity contribution in [2.45, 2.75) is 5.60 Å². The summed E-state index contributed by atoms with van der Waals surface area (Å²) in [7, 11) is 0. The molecule has 1 aliphatic carbocycles. The Kier molecular flexibility index (Phi) is 6.37. The second-order valence-electron chi connectivity index (χ2n) is 13.6. The highest BCUT2D eigenvalue weighted by molar-refractivity contribution is 7.25. The number of ether oxygens (including phenoxy) is 1. The number of anilines is 3. The number of rotatable bonds is 4. The summed E-state index contributed by atoms with van der Waals surface area (Å²) in [5.41, 5.74) is 13.2. The van der Waals surface area contributed by atoms with Crippen molar-refractivity contribution in [3.8, 4) is 39.1 Å². The molecule has 52 heavy (non-hydrogen) atoms. The third-order valence-electron chi connectivity index (χ3n) is 10.8. The fourth-order valence-electron chi connectivity index (χ4n) is 8.53. The summed E-state index contributed by atoms with van der Waals surface area (Å²) in [6.07, 6.45) is 0. The number of nitrogens with zero attached hydrogens (tertiary/aromatic N) is 1. The summed E-state index contributed by atoms with van der Waals surface area (Å²) < 4.78 is 9.83. The van der Waals surface area contributed by atoms with Crippen LogP contribution < -0.4 is 9.64 Å². The Labute approximate surface area is 306 Å². The van der Waals surface area contributed by atoms with Crippen molar-refractivity contribution in [2.75, 3.05) is 4.90 Å². The van der Waals surface area contributed by atoms with Crippen LogP contribution in [0, 0.1) is 0 Å². The van der Waals surface area contributed by atoms with E-state index < -0.39 is 5.60 Å². The number of hydrogen-bond acceptors (Lipinski definition) is 3. The summed E-state index contributed by atoms with van der Waals surface area (Å²) in [5.74, 6) is 0.893. The lowest BCUT2D eigenvalue weighted by molar-refractivity contribution is 0.157. The van der Waals surface area contributed by atoms with Crippen LogP contribution in [0.2, 0.25) is 0 Å². The van der Waals surface area contributed by atoms with Gasteiger partial charge in [0.15, 0.2) is 5.60 Å². The van der Waals surface area contributed by atoms with E-state index in [2.05, 4.69) is 193 Å². The average molecular weight is 682 g/mol. The molecule has 1 aliphatic heterocycles. The smallest absolute Gasteiger partial charge is 0.186 e. The Morgan fingerprint density at radius 2 is 0.942 bits per heavy atom. The maximum Gasteiger partial charge on any atom is 0.186 e. The van der Waals surface area contributed by atoms with Gasteiger partial charge < -0.3 is 9.64 Å². The predicted octanol–water partition coefficient (Wildman–Crippen LogP) is 13.5. The second-order valence-corrected chi connectivity index (χ2v) is 14.7. The van der Waals surface area contributed by atoms with Crippen molar-refractivity contribution in [3.05, 3.63) is 205 Å². The van der Waals surface area contributed by atoms with Crippen molar-refractivity contribution >= 4 is 48.6 Å². The highest BCUT2D eigenvalue weighted by Gasteiger charge is 2.50. The molecule has 0 atom stereocenters. The highest BCUT2D eigenvalue weighted by Crippen LogP contribution is 2.59. The van der Waals surface area contributed by atoms with Crippen molar-refractivity contribution in [1.29, 1.82) is 0 Å². The fraction of sp³-hybridized carbons (Fsp3) is 0.0204. The molecule has 3 heteroatoms. The minimum atomic E-state index is -0.756. The largest absolute Gasteiger partial charge is 0.472 e. The van der Waals surface area contributed by atoms with E-state index in [-0.39, 0.29) is 0 Å². The van der Waals surface area contributed by atoms with Gasteiger partial charge in [-0.1, -0.05) is 140 Å². The van der Waals surface area contributed by atoms with Crippen molar-refractivity contribution in [2.24, 2.45) is 0 Å². The maximum absolute atomic E-state index is 7.25. The Balaban J connectivity index is 1.14. The van der Waals surface area contributed by atoms with Crippen molar-refractivity contribution < 1.29 is 4.74 Å². The van der Waals surface area contributed by atoms with Gasteiger partial charge in [-0.05, 0) is 76.3 Å². The SMILES string of the molecule is c1ccc(-c2ccc(N(c3ccc4c(c3)-c3ccccc3OC43c4ccccc4-c4ccccc43)c3ccc4c(c3)sc3ccccc34)cc2)cc1. The van der Waals surface area contributed by atoms with Crippen LogP contribution in [0.3, 0.4) is 0 Å². The topological polar surface area (TPSA) is 12.5 Å². The van der Waals surface area contributed by atoms with Gasteiger partial charge in [0.2, 0.25) is 0 Å². The minimum Gasteiger partial charge on any atom is -0.472 e. The third kappa shape index (κ3) is 4.24. The van der Waals surface area contributed by atoms with Crippen molar-refractivity contribution in [3.63, 3.8) is 0 Å². The molecule has 1 aromatic heterocycles. The summed E-state index contributed by atoms with van der Waals surface area (Å²) in [6.45, 7) is 0. The molecule has 0 bridgehead atoms. The van der Waals surface area contributed by atoms with Gasteiger partial charge in [-0.25, -0.2) is 0 Å². The second kappa shape index (κ2) is 11.3. The Hall–Kier alpha value is -6.42. The fourth-order valence-corrected chi connectivity index (χ4v) is 9.67. The van der Waals surface area contributed by atoms with E-state index in [0.717, 1.165) is 33.9 Å². The maximum atomic E-state index is 7.25. The van der Waals surface area contributed by atoms with E-state index in [1.807, 2.05) is 11.3 Å². The molecule has 244 valence electrons. The van der Waals surface area contributed by atoms with Gasteiger partial charge in [0, 0.05) is 59.5 Å². The molecule has 1 spiro atoms. The zero-order valence-corrected chi connectivity index (χ0v) is 29.0. The number of fused-ring (bicyclic) bond motifs is 12. The lowest BCUT2D eigenvalue weighted by Crippen LogP contribution is -2.36. The van der Waals surface area contributed by atoms with Gasteiger partial charge in [0.05, 0.1) is 0 Å². The van der Waals surface area contributed by atoms with Crippen LogP contribution in [0.1, 0.15) is 16.7 Å². The molecule has 0 N–H and O–H groups in total. The summed E-state index contributed by atoms with van der Waals surface area (Å²) in [5, 5.41) is 2.60. The molecule has 2 aliphatic rings. The summed E-state index contributed by atoms with van der Waals surface area (Å²) >= 11 is 1.85. The van der Waals surface area contributed by atoms with E-state index in [4.69, 9.17) is 4.74 Å². The van der Waals surface area contributed by atoms with Gasteiger partial charge in [-0.3, -0.25) is 0 Å². The van der Waals surface area contributed by atoms with E-state index in [9.17, 15) is 0 Å². The third-order valence-corrected chi connectivity index (χ3v) is 12.0. The Morgan fingerprint density at radius 3 is 1.73 bits per heavy atom. The monoisotopic (exact) mass is 681 g/mol.